The van der Waals surface area contributed by atoms with E-state index in [0.717, 1.165) is 39.2 Å². The fourth-order valence-corrected chi connectivity index (χ4v) is 11.3. The quantitative estimate of drug-likeness (QED) is 0.232. The van der Waals surface area contributed by atoms with Crippen LogP contribution >= 0.6 is 0 Å². The van der Waals surface area contributed by atoms with Crippen LogP contribution < -0.4 is 15.4 Å². The number of piperidine rings is 1. The molecule has 7 heterocycles. The summed E-state index contributed by atoms with van der Waals surface area (Å²) in [4.78, 5) is 54.7. The number of amides is 2. The maximum absolute atomic E-state index is 15.0. The molecule has 11 atom stereocenters. The number of hydrogen-bond acceptors (Lipinski definition) is 16. The number of nitrogens with one attached hydrogen (secondary N) is 2. The number of ether oxygens (including phenoxy) is 5. The van der Waals surface area contributed by atoms with Crippen LogP contribution in [0.5, 0.6) is 11.5 Å². The van der Waals surface area contributed by atoms with Gasteiger partial charge in [-0.3, -0.25) is 19.5 Å². The highest BCUT2D eigenvalue weighted by molar-refractivity contribution is 6.24. The summed E-state index contributed by atoms with van der Waals surface area (Å²) in [5.41, 5.74) is 0.644. The zero-order valence-corrected chi connectivity index (χ0v) is 43.1. The van der Waals surface area contributed by atoms with Gasteiger partial charge in [-0.2, -0.15) is 0 Å². The number of phenolic OH excluding ortho intramolecular Hbond substituents is 1. The van der Waals surface area contributed by atoms with E-state index in [0.29, 0.717) is 56.3 Å². The van der Waals surface area contributed by atoms with Gasteiger partial charge >= 0.3 is 11.9 Å². The number of hydrogen-bond donors (Lipinski definition) is 6. The molecule has 7 aliphatic heterocycles. The fraction of sp³-hybridized carbons (Fsp3) is 0.660. The molecule has 5 bridgehead atoms. The molecule has 3 fully saturated rings. The number of nitrogens with zero attached hydrogens (tertiary/aromatic N) is 4. The molecule has 1 aromatic carbocycles. The number of carbonyl (C=O) groups excluding carboxylic acids is 3. The second kappa shape index (κ2) is 21.0. The zero-order chi connectivity index (χ0) is 51.3. The lowest BCUT2D eigenvalue weighted by molar-refractivity contribution is -0.117. The molecule has 18 nitrogen and oxygen atoms in total. The highest BCUT2D eigenvalue weighted by atomic mass is 16.7. The van der Waals surface area contributed by atoms with Gasteiger partial charge in [-0.15, -0.1) is 0 Å². The molecule has 8 aliphatic rings. The molecule has 71 heavy (non-hydrogen) atoms. The van der Waals surface area contributed by atoms with Gasteiger partial charge in [-0.05, 0) is 32.3 Å². The van der Waals surface area contributed by atoms with E-state index < -0.39 is 83.4 Å². The summed E-state index contributed by atoms with van der Waals surface area (Å²) in [6.45, 7) is 22.4. The molecular weight excluding hydrogens is 913 g/mol. The van der Waals surface area contributed by atoms with Crippen LogP contribution in [0.2, 0.25) is 0 Å². The third-order valence-corrected chi connectivity index (χ3v) is 15.9. The van der Waals surface area contributed by atoms with Gasteiger partial charge in [0.25, 0.3) is 11.7 Å². The first-order valence-electron chi connectivity index (χ1n) is 25.5. The van der Waals surface area contributed by atoms with Crippen molar-refractivity contribution in [3.8, 4) is 11.5 Å². The van der Waals surface area contributed by atoms with E-state index in [1.807, 2.05) is 13.8 Å². The molecule has 1 aromatic rings. The van der Waals surface area contributed by atoms with Crippen LogP contribution in [0, 0.1) is 36.5 Å². The predicted molar refractivity (Wildman–Crippen MR) is 264 cm³/mol. The first-order valence-corrected chi connectivity index (χ1v) is 25.5. The number of aliphatic hydroxyl groups is 3. The van der Waals surface area contributed by atoms with E-state index in [9.17, 15) is 34.8 Å². The Morgan fingerprint density at radius 1 is 0.944 bits per heavy atom. The molecule has 0 aromatic heterocycles. The summed E-state index contributed by atoms with van der Waals surface area (Å²) in [6.07, 6.45) is 4.30. The lowest BCUT2D eigenvalue weighted by Gasteiger charge is -2.41. The van der Waals surface area contributed by atoms with Crippen molar-refractivity contribution in [1.82, 2.24) is 25.3 Å². The van der Waals surface area contributed by atoms with Crippen molar-refractivity contribution in [3.63, 3.8) is 0 Å². The summed E-state index contributed by atoms with van der Waals surface area (Å²) in [6, 6.07) is 0. The first-order chi connectivity index (χ1) is 33.7. The van der Waals surface area contributed by atoms with E-state index in [4.69, 9.17) is 28.7 Å². The maximum atomic E-state index is 15.0. The Bertz CT molecular complexity index is 2360. The number of rotatable bonds is 6. The Hall–Kier alpha value is -4.82. The summed E-state index contributed by atoms with van der Waals surface area (Å²) >= 11 is 0. The summed E-state index contributed by atoms with van der Waals surface area (Å²) in [5.74, 6) is -5.37. The van der Waals surface area contributed by atoms with Gasteiger partial charge in [0.15, 0.2) is 0 Å². The molecule has 1 spiro atoms. The van der Waals surface area contributed by atoms with Crippen LogP contribution in [0.25, 0.3) is 0 Å². The lowest BCUT2D eigenvalue weighted by atomic mass is 9.78. The zero-order valence-electron chi connectivity index (χ0n) is 43.1. The molecule has 6 N–H and O–H groups in total. The number of aromatic hydroxyl groups is 1. The normalized spacial score (nSPS) is 35.4. The number of ketones is 1. The topological polar surface area (TPSA) is 224 Å². The van der Waals surface area contributed by atoms with Crippen molar-refractivity contribution < 1.29 is 58.5 Å². The Morgan fingerprint density at radius 2 is 1.63 bits per heavy atom. The number of benzene rings is 1. The number of fused-ring (bicyclic) bond motifs is 13. The Kier molecular flexibility index (Phi) is 15.5. The second-order valence-electron chi connectivity index (χ2n) is 21.5. The SMILES string of the molecule is CO[C@H]1/C=C/O[C@@]2(C)Oc3c(C)c(O)c4c(c3C2=O)C2=NC3(CCN(CC(C)C)CC3)NC2=C(NC(=O)/C(C)=C\C=C\[C@H](C)[C@H](O)[C@@H](C)[C@@H](O)[C@@H](C)[C@H](OC(=O)N2CCN(CC3CCO3)CC2)[C@@H]1C)C4O. The van der Waals surface area contributed by atoms with Crippen LogP contribution in [0.1, 0.15) is 108 Å². The number of phenols is 1. The Balaban J connectivity index is 1.16. The van der Waals surface area contributed by atoms with Crippen LogP contribution in [0.3, 0.4) is 0 Å². The summed E-state index contributed by atoms with van der Waals surface area (Å²) in [5, 5.41) is 54.5. The fourth-order valence-electron chi connectivity index (χ4n) is 11.3. The van der Waals surface area contributed by atoms with Crippen LogP contribution in [0.15, 0.2) is 52.5 Å². The third kappa shape index (κ3) is 10.3. The minimum absolute atomic E-state index is 0.00937. The monoisotopic (exact) mass is 989 g/mol. The number of Topliss-reactive ketones (excluding diaryl/α,β-unsaturated/α-hetero) is 1. The van der Waals surface area contributed by atoms with E-state index >= 15 is 0 Å². The molecule has 2 unspecified atom stereocenters. The van der Waals surface area contributed by atoms with Crippen LogP contribution in [-0.4, -0.2) is 167 Å². The maximum Gasteiger partial charge on any atom is 0.410 e. The standard InChI is InChI=1S/C53H76N6O12/c1-28(2)26-57-18-16-53(17-19-57)55-40-37-38-45(62)34(8)48-39(37)49(64)52(9,71-48)69-25-15-36(67-10)31(5)47(70-51(66)59-22-20-58(21-23-59)27-35-14-24-68-35)33(7)44(61)32(6)43(60)29(3)12-11-13-30(4)50(65)54-42(46(38)63)41(40)56-53/h11-13,15,25,28-29,31-33,35-36,43-44,46-47,56,60-63H,14,16-24,26-27H2,1-10H3,(H,54,65)/b12-11+,25-15+,30-13-/t29-,31+,32+,33+,35?,36-,43-,44+,46?,47+,52-/m0/s1. The highest BCUT2D eigenvalue weighted by Crippen LogP contribution is 2.52. The van der Waals surface area contributed by atoms with E-state index in [-0.39, 0.29) is 51.1 Å². The molecule has 2 amide bonds. The van der Waals surface area contributed by atoms with Gasteiger partial charge in [0.2, 0.25) is 0 Å². The minimum Gasteiger partial charge on any atom is -0.507 e. The summed E-state index contributed by atoms with van der Waals surface area (Å²) in [7, 11) is 1.50. The van der Waals surface area contributed by atoms with Crippen molar-refractivity contribution in [2.24, 2.45) is 34.6 Å². The van der Waals surface area contributed by atoms with Crippen molar-refractivity contribution in [2.45, 2.75) is 130 Å². The minimum atomic E-state index is -1.96. The molecule has 3 saturated heterocycles. The average molecular weight is 989 g/mol. The summed E-state index contributed by atoms with van der Waals surface area (Å²) < 4.78 is 30.6. The number of allylic oxidation sites excluding steroid dienone is 3. The van der Waals surface area contributed by atoms with Crippen molar-refractivity contribution in [2.75, 3.05) is 66.1 Å². The molecule has 9 rings (SSSR count). The molecular formula is C53H76N6O12. The molecule has 390 valence electrons. The molecule has 0 saturated carbocycles. The smallest absolute Gasteiger partial charge is 0.410 e. The number of likely N-dealkylation sites (tertiary alicyclic amines) is 1. The number of aliphatic imine (C=N–C) groups is 1. The Morgan fingerprint density at radius 3 is 2.27 bits per heavy atom. The van der Waals surface area contributed by atoms with Crippen molar-refractivity contribution in [1.29, 1.82) is 0 Å². The van der Waals surface area contributed by atoms with Gasteiger partial charge < -0.3 is 64.5 Å². The van der Waals surface area contributed by atoms with Crippen molar-refractivity contribution >= 4 is 23.5 Å². The predicted octanol–water partition coefficient (Wildman–Crippen LogP) is 4.45. The van der Waals surface area contributed by atoms with E-state index in [1.54, 1.807) is 56.9 Å². The van der Waals surface area contributed by atoms with E-state index in [2.05, 4.69) is 34.3 Å². The number of aliphatic hydroxyl groups excluding tert-OH is 3. The Labute approximate surface area is 417 Å². The molecule has 18 heteroatoms. The van der Waals surface area contributed by atoms with Gasteiger partial charge in [-0.25, -0.2) is 4.79 Å². The largest absolute Gasteiger partial charge is 0.507 e. The molecule has 1 aliphatic carbocycles. The van der Waals surface area contributed by atoms with E-state index in [1.165, 1.54) is 20.3 Å². The van der Waals surface area contributed by atoms with Crippen LogP contribution in [0.4, 0.5) is 4.79 Å². The number of piperazine rings is 1. The average Bonchev–Trinajstić information content (AvgIpc) is 3.83. The number of methoxy groups -OCH3 is 1. The molecule has 0 radical (unpaired) electrons. The van der Waals surface area contributed by atoms with Gasteiger partial charge in [0.05, 0.1) is 53.3 Å². The first kappa shape index (κ1) is 52.5. The van der Waals surface area contributed by atoms with Crippen LogP contribution in [-0.2, 0) is 23.7 Å². The van der Waals surface area contributed by atoms with Gasteiger partial charge in [-0.1, -0.05) is 59.8 Å². The van der Waals surface area contributed by atoms with Crippen molar-refractivity contribution in [3.05, 3.63) is 69.8 Å². The van der Waals surface area contributed by atoms with Gasteiger partial charge in [0.1, 0.15) is 29.4 Å². The van der Waals surface area contributed by atoms with Gasteiger partial charge in [0, 0.05) is 132 Å². The second-order valence-corrected chi connectivity index (χ2v) is 21.5. The lowest BCUT2D eigenvalue weighted by Crippen LogP contribution is -2.53. The number of carbonyl (C=O) groups is 3. The highest BCUT2D eigenvalue weighted by Gasteiger charge is 2.54. The third-order valence-electron chi connectivity index (χ3n) is 15.9.